The van der Waals surface area contributed by atoms with Gasteiger partial charge in [-0.3, -0.25) is 4.90 Å². The molecule has 1 aliphatic heterocycles. The molecule has 2 rings (SSSR count). The fraction of sp³-hybridized carbons (Fsp3) is 0.438. The number of carbonyl (C=O) groups is 1. The van der Waals surface area contributed by atoms with Crippen molar-refractivity contribution in [2.75, 3.05) is 26.5 Å². The molecule has 0 fully saturated rings. The lowest BCUT2D eigenvalue weighted by atomic mass is 10.0. The molecule has 1 aromatic carbocycles. The maximum Gasteiger partial charge on any atom is 0.327 e. The molecule has 3 nitrogen and oxygen atoms in total. The van der Waals surface area contributed by atoms with Crippen molar-refractivity contribution in [3.8, 4) is 0 Å². The van der Waals surface area contributed by atoms with E-state index in [1.165, 1.54) is 17.6 Å². The average Bonchev–Trinajstić information content (AvgIpc) is 2.48. The molecule has 0 aromatic heterocycles. The van der Waals surface area contributed by atoms with E-state index in [1.807, 2.05) is 42.1 Å². The van der Waals surface area contributed by atoms with Crippen LogP contribution in [0.25, 0.3) is 0 Å². The minimum atomic E-state index is -0.306. The van der Waals surface area contributed by atoms with Crippen molar-refractivity contribution in [2.45, 2.75) is 19.4 Å². The molecule has 0 amide bonds. The van der Waals surface area contributed by atoms with E-state index in [4.69, 9.17) is 4.74 Å². The molecule has 0 saturated carbocycles. The predicted octanol–water partition coefficient (Wildman–Crippen LogP) is 3.24. The van der Waals surface area contributed by atoms with E-state index in [9.17, 15) is 4.79 Å². The summed E-state index contributed by atoms with van der Waals surface area (Å²) < 4.78 is 5.01. The molecular formula is C16H21NO2S. The molecule has 20 heavy (non-hydrogen) atoms. The number of rotatable bonds is 4. The number of ether oxygens (including phenoxy) is 1. The normalized spacial score (nSPS) is 17.9. The highest BCUT2D eigenvalue weighted by Crippen LogP contribution is 2.31. The van der Waals surface area contributed by atoms with Crippen LogP contribution in [-0.2, 0) is 9.53 Å². The van der Waals surface area contributed by atoms with Crippen molar-refractivity contribution in [2.24, 2.45) is 0 Å². The Morgan fingerprint density at radius 2 is 2.05 bits per heavy atom. The van der Waals surface area contributed by atoms with Crippen LogP contribution < -0.4 is 0 Å². The van der Waals surface area contributed by atoms with Crippen molar-refractivity contribution in [3.63, 3.8) is 0 Å². The van der Waals surface area contributed by atoms with E-state index >= 15 is 0 Å². The second kappa shape index (κ2) is 6.95. The predicted molar refractivity (Wildman–Crippen MR) is 83.6 cm³/mol. The molecule has 1 heterocycles. The van der Waals surface area contributed by atoms with Gasteiger partial charge in [0.2, 0.25) is 0 Å². The summed E-state index contributed by atoms with van der Waals surface area (Å²) in [7, 11) is 1.46. The van der Waals surface area contributed by atoms with Crippen LogP contribution in [0.4, 0.5) is 0 Å². The van der Waals surface area contributed by atoms with Gasteiger partial charge in [0.1, 0.15) is 6.04 Å². The van der Waals surface area contributed by atoms with Crippen molar-refractivity contribution < 1.29 is 9.53 Å². The van der Waals surface area contributed by atoms with E-state index in [0.717, 1.165) is 25.1 Å². The van der Waals surface area contributed by atoms with Crippen molar-refractivity contribution in [1.29, 1.82) is 0 Å². The van der Waals surface area contributed by atoms with Crippen molar-refractivity contribution in [3.05, 3.63) is 46.4 Å². The molecule has 1 aliphatic rings. The van der Waals surface area contributed by atoms with Crippen LogP contribution in [-0.4, -0.2) is 37.3 Å². The minimum absolute atomic E-state index is 0.184. The number of hydrogen-bond donors (Lipinski definition) is 0. The Bertz CT molecular complexity index is 498. The first-order valence-electron chi connectivity index (χ1n) is 6.76. The van der Waals surface area contributed by atoms with Crippen LogP contribution in [0.5, 0.6) is 0 Å². The maximum atomic E-state index is 12.2. The highest BCUT2D eigenvalue weighted by atomic mass is 32.2. The molecule has 1 atom stereocenters. The number of esters is 1. The molecule has 4 heteroatoms. The number of benzene rings is 1. The fourth-order valence-electron chi connectivity index (χ4n) is 2.67. The van der Waals surface area contributed by atoms with Crippen LogP contribution in [0.1, 0.15) is 24.9 Å². The highest BCUT2D eigenvalue weighted by Gasteiger charge is 2.30. The molecule has 1 aromatic rings. The largest absolute Gasteiger partial charge is 0.468 e. The lowest BCUT2D eigenvalue weighted by molar-refractivity contribution is -0.147. The molecular weight excluding hydrogens is 270 g/mol. The maximum absolute atomic E-state index is 12.2. The number of methoxy groups -OCH3 is 1. The Hall–Kier alpha value is -1.26. The van der Waals surface area contributed by atoms with Gasteiger partial charge in [0.05, 0.1) is 7.11 Å². The van der Waals surface area contributed by atoms with Gasteiger partial charge in [-0.1, -0.05) is 30.3 Å². The first-order chi connectivity index (χ1) is 9.67. The summed E-state index contributed by atoms with van der Waals surface area (Å²) in [4.78, 5) is 15.8. The fourth-order valence-corrected chi connectivity index (χ4v) is 3.38. The van der Waals surface area contributed by atoms with E-state index in [-0.39, 0.29) is 12.0 Å². The lowest BCUT2D eigenvalue weighted by Gasteiger charge is -2.34. The average molecular weight is 291 g/mol. The lowest BCUT2D eigenvalue weighted by Crippen LogP contribution is -2.39. The zero-order chi connectivity index (χ0) is 14.5. The summed E-state index contributed by atoms with van der Waals surface area (Å²) in [5.74, 6) is -0.184. The summed E-state index contributed by atoms with van der Waals surface area (Å²) in [6, 6.07) is 9.57. The van der Waals surface area contributed by atoms with Crippen molar-refractivity contribution in [1.82, 2.24) is 4.90 Å². The minimum Gasteiger partial charge on any atom is -0.468 e. The van der Waals surface area contributed by atoms with Crippen molar-refractivity contribution >= 4 is 17.7 Å². The van der Waals surface area contributed by atoms with E-state index in [0.29, 0.717) is 0 Å². The molecule has 1 unspecified atom stereocenters. The first kappa shape index (κ1) is 15.1. The summed E-state index contributed by atoms with van der Waals surface area (Å²) in [6.45, 7) is 3.87. The summed E-state index contributed by atoms with van der Waals surface area (Å²) in [6.07, 6.45) is 3.12. The second-order valence-electron chi connectivity index (χ2n) is 4.96. The van der Waals surface area contributed by atoms with Gasteiger partial charge in [-0.05, 0) is 35.6 Å². The summed E-state index contributed by atoms with van der Waals surface area (Å²) >= 11 is 1.81. The zero-order valence-electron chi connectivity index (χ0n) is 12.3. The Morgan fingerprint density at radius 1 is 1.35 bits per heavy atom. The monoisotopic (exact) mass is 291 g/mol. The molecule has 0 aliphatic carbocycles. The highest BCUT2D eigenvalue weighted by molar-refractivity contribution is 8.02. The molecule has 0 saturated heterocycles. The molecule has 0 radical (unpaired) electrons. The van der Waals surface area contributed by atoms with Gasteiger partial charge < -0.3 is 4.74 Å². The van der Waals surface area contributed by atoms with Crippen LogP contribution in [0, 0.1) is 0 Å². The standard InChI is InChI=1S/C16H21NO2S/c1-12-11-17(10-9-14(12)20-3)15(16(18)19-2)13-7-5-4-6-8-13/h4-8,15H,9-11H2,1-3H3. The number of thioether (sulfide) groups is 1. The second-order valence-corrected chi connectivity index (χ2v) is 5.87. The molecule has 0 spiro atoms. The quantitative estimate of drug-likeness (QED) is 0.797. The van der Waals surface area contributed by atoms with Gasteiger partial charge in [0.15, 0.2) is 0 Å². The summed E-state index contributed by atoms with van der Waals surface area (Å²) in [5.41, 5.74) is 2.35. The third-order valence-electron chi connectivity index (χ3n) is 3.69. The third kappa shape index (κ3) is 3.25. The van der Waals surface area contributed by atoms with Crippen LogP contribution in [0.3, 0.4) is 0 Å². The van der Waals surface area contributed by atoms with Gasteiger partial charge in [-0.25, -0.2) is 4.79 Å². The topological polar surface area (TPSA) is 29.5 Å². The van der Waals surface area contributed by atoms with Gasteiger partial charge in [0.25, 0.3) is 0 Å². The Morgan fingerprint density at radius 3 is 2.60 bits per heavy atom. The smallest absolute Gasteiger partial charge is 0.327 e. The SMILES string of the molecule is COC(=O)C(c1ccccc1)N1CCC(SC)=C(C)C1. The van der Waals surface area contributed by atoms with E-state index in [2.05, 4.69) is 18.1 Å². The number of hydrogen-bond acceptors (Lipinski definition) is 4. The van der Waals surface area contributed by atoms with E-state index < -0.39 is 0 Å². The van der Waals surface area contributed by atoms with Crippen LogP contribution >= 0.6 is 11.8 Å². The number of nitrogens with zero attached hydrogens (tertiary/aromatic N) is 1. The zero-order valence-corrected chi connectivity index (χ0v) is 13.1. The number of carbonyl (C=O) groups excluding carboxylic acids is 1. The van der Waals surface area contributed by atoms with Gasteiger partial charge in [-0.15, -0.1) is 11.8 Å². The third-order valence-corrected chi connectivity index (χ3v) is 4.74. The van der Waals surface area contributed by atoms with Gasteiger partial charge >= 0.3 is 5.97 Å². The Kier molecular flexibility index (Phi) is 5.26. The molecule has 0 bridgehead atoms. The molecule has 0 N–H and O–H groups in total. The van der Waals surface area contributed by atoms with Gasteiger partial charge in [-0.2, -0.15) is 0 Å². The van der Waals surface area contributed by atoms with Crippen LogP contribution in [0.2, 0.25) is 0 Å². The summed E-state index contributed by atoms with van der Waals surface area (Å²) in [5, 5.41) is 0. The molecule has 108 valence electrons. The first-order valence-corrected chi connectivity index (χ1v) is 7.99. The van der Waals surface area contributed by atoms with Crippen LogP contribution in [0.15, 0.2) is 40.8 Å². The Balaban J connectivity index is 2.26. The van der Waals surface area contributed by atoms with Gasteiger partial charge in [0, 0.05) is 13.1 Å². The van der Waals surface area contributed by atoms with E-state index in [1.54, 1.807) is 0 Å². The Labute approximate surface area is 125 Å².